The lowest BCUT2D eigenvalue weighted by Gasteiger charge is -2.28. The standard InChI is InChI=1S/C20H36N4O/c1-15-12-22-16(13-21-15)14-23-18(25)17(24-20(5,6)7)10-8-9-11-19(2,3)4/h12-13,17,24H,8-11,14H2,1-7H3,(H,23,25). The van der Waals surface area contributed by atoms with Crippen LogP contribution in [-0.4, -0.2) is 27.5 Å². The summed E-state index contributed by atoms with van der Waals surface area (Å²) in [5, 5.41) is 6.45. The van der Waals surface area contributed by atoms with E-state index in [0.29, 0.717) is 12.0 Å². The average molecular weight is 349 g/mol. The number of nitrogens with one attached hydrogen (secondary N) is 2. The molecule has 1 aromatic heterocycles. The third kappa shape index (κ3) is 10.2. The van der Waals surface area contributed by atoms with Gasteiger partial charge in [0, 0.05) is 11.7 Å². The summed E-state index contributed by atoms with van der Waals surface area (Å²) in [7, 11) is 0. The van der Waals surface area contributed by atoms with E-state index in [1.165, 1.54) is 6.42 Å². The van der Waals surface area contributed by atoms with E-state index in [1.54, 1.807) is 12.4 Å². The van der Waals surface area contributed by atoms with Crippen molar-refractivity contribution in [1.82, 2.24) is 20.6 Å². The number of carbonyl (C=O) groups excluding carboxylic acids is 1. The van der Waals surface area contributed by atoms with Crippen molar-refractivity contribution < 1.29 is 4.79 Å². The number of aryl methyl sites for hydroxylation is 1. The molecule has 5 heteroatoms. The number of unbranched alkanes of at least 4 members (excludes halogenated alkanes) is 1. The van der Waals surface area contributed by atoms with Crippen LogP contribution in [0, 0.1) is 12.3 Å². The second-order valence-electron chi connectivity index (χ2n) is 9.12. The molecule has 1 amide bonds. The highest BCUT2D eigenvalue weighted by atomic mass is 16.2. The lowest BCUT2D eigenvalue weighted by molar-refractivity contribution is -0.124. The zero-order valence-electron chi connectivity index (χ0n) is 17.1. The Hall–Kier alpha value is -1.49. The first-order chi connectivity index (χ1) is 11.5. The van der Waals surface area contributed by atoms with Crippen LogP contribution in [0.2, 0.25) is 0 Å². The van der Waals surface area contributed by atoms with E-state index < -0.39 is 0 Å². The first-order valence-corrected chi connectivity index (χ1v) is 9.29. The fourth-order valence-corrected chi connectivity index (χ4v) is 2.61. The largest absolute Gasteiger partial charge is 0.349 e. The molecule has 1 heterocycles. The van der Waals surface area contributed by atoms with Gasteiger partial charge >= 0.3 is 0 Å². The predicted molar refractivity (Wildman–Crippen MR) is 103 cm³/mol. The van der Waals surface area contributed by atoms with Crippen LogP contribution in [0.15, 0.2) is 12.4 Å². The normalized spacial score (nSPS) is 13.6. The van der Waals surface area contributed by atoms with Crippen molar-refractivity contribution in [1.29, 1.82) is 0 Å². The minimum absolute atomic E-state index is 0.0352. The van der Waals surface area contributed by atoms with Crippen molar-refractivity contribution in [2.45, 2.75) is 92.3 Å². The van der Waals surface area contributed by atoms with Crippen LogP contribution in [0.4, 0.5) is 0 Å². The summed E-state index contributed by atoms with van der Waals surface area (Å²) in [4.78, 5) is 21.1. The summed E-state index contributed by atoms with van der Waals surface area (Å²) in [6.07, 6.45) is 7.64. The monoisotopic (exact) mass is 348 g/mol. The molecule has 0 aromatic carbocycles. The molecule has 1 rings (SSSR count). The number of carbonyl (C=O) groups is 1. The van der Waals surface area contributed by atoms with E-state index in [9.17, 15) is 4.79 Å². The molecule has 0 aliphatic carbocycles. The molecular formula is C20H36N4O. The molecule has 1 atom stereocenters. The zero-order chi connectivity index (χ0) is 19.1. The summed E-state index contributed by atoms with van der Waals surface area (Å²) >= 11 is 0. The lowest BCUT2D eigenvalue weighted by Crippen LogP contribution is -2.51. The van der Waals surface area contributed by atoms with Gasteiger partial charge in [0.2, 0.25) is 5.91 Å². The van der Waals surface area contributed by atoms with Crippen molar-refractivity contribution in [2.24, 2.45) is 5.41 Å². The highest BCUT2D eigenvalue weighted by Crippen LogP contribution is 2.22. The first-order valence-electron chi connectivity index (χ1n) is 9.29. The highest BCUT2D eigenvalue weighted by molar-refractivity contribution is 5.81. The van der Waals surface area contributed by atoms with E-state index >= 15 is 0 Å². The molecule has 1 unspecified atom stereocenters. The van der Waals surface area contributed by atoms with Crippen LogP contribution in [0.5, 0.6) is 0 Å². The van der Waals surface area contributed by atoms with Crippen molar-refractivity contribution >= 4 is 5.91 Å². The second-order valence-corrected chi connectivity index (χ2v) is 9.12. The van der Waals surface area contributed by atoms with Crippen molar-refractivity contribution in [3.63, 3.8) is 0 Å². The molecule has 0 saturated heterocycles. The minimum atomic E-state index is -0.182. The molecule has 142 valence electrons. The molecule has 0 radical (unpaired) electrons. The number of hydrogen-bond donors (Lipinski definition) is 2. The Bertz CT molecular complexity index is 526. The summed E-state index contributed by atoms with van der Waals surface area (Å²) in [6.45, 7) is 15.4. The van der Waals surface area contributed by atoms with Crippen molar-refractivity contribution in [3.8, 4) is 0 Å². The topological polar surface area (TPSA) is 66.9 Å². The Morgan fingerprint density at radius 3 is 2.28 bits per heavy atom. The minimum Gasteiger partial charge on any atom is -0.349 e. The fourth-order valence-electron chi connectivity index (χ4n) is 2.61. The average Bonchev–Trinajstić information content (AvgIpc) is 2.47. The maximum absolute atomic E-state index is 12.6. The number of rotatable bonds is 8. The molecule has 0 fully saturated rings. The number of nitrogens with zero attached hydrogens (tertiary/aromatic N) is 2. The molecule has 25 heavy (non-hydrogen) atoms. The SMILES string of the molecule is Cc1cnc(CNC(=O)C(CCCCC(C)(C)C)NC(C)(C)C)cn1. The first kappa shape index (κ1) is 21.6. The lowest BCUT2D eigenvalue weighted by atomic mass is 9.89. The van der Waals surface area contributed by atoms with Crippen LogP contribution >= 0.6 is 0 Å². The van der Waals surface area contributed by atoms with Gasteiger partial charge in [0.25, 0.3) is 0 Å². The maximum Gasteiger partial charge on any atom is 0.237 e. The van der Waals surface area contributed by atoms with E-state index in [4.69, 9.17) is 0 Å². The van der Waals surface area contributed by atoms with Gasteiger partial charge in [-0.25, -0.2) is 0 Å². The summed E-state index contributed by atoms with van der Waals surface area (Å²) < 4.78 is 0. The third-order valence-corrected chi connectivity index (χ3v) is 3.87. The summed E-state index contributed by atoms with van der Waals surface area (Å²) in [5.74, 6) is 0.0352. The molecular weight excluding hydrogens is 312 g/mol. The predicted octanol–water partition coefficient (Wildman–Crippen LogP) is 3.76. The van der Waals surface area contributed by atoms with E-state index in [2.05, 4.69) is 62.1 Å². The van der Waals surface area contributed by atoms with Gasteiger partial charge in [0.1, 0.15) is 0 Å². The molecule has 1 aromatic rings. The number of amides is 1. The van der Waals surface area contributed by atoms with Crippen molar-refractivity contribution in [2.75, 3.05) is 0 Å². The van der Waals surface area contributed by atoms with Gasteiger partial charge in [0.15, 0.2) is 0 Å². The molecule has 0 aliphatic rings. The number of aromatic nitrogens is 2. The van der Waals surface area contributed by atoms with E-state index in [1.807, 2.05) is 6.92 Å². The maximum atomic E-state index is 12.6. The Balaban J connectivity index is 2.55. The third-order valence-electron chi connectivity index (χ3n) is 3.87. The Morgan fingerprint density at radius 1 is 1.08 bits per heavy atom. The zero-order valence-corrected chi connectivity index (χ0v) is 17.1. The molecule has 5 nitrogen and oxygen atoms in total. The molecule has 2 N–H and O–H groups in total. The summed E-state index contributed by atoms with van der Waals surface area (Å²) in [6, 6.07) is -0.182. The fraction of sp³-hybridized carbons (Fsp3) is 0.750. The highest BCUT2D eigenvalue weighted by Gasteiger charge is 2.23. The van der Waals surface area contributed by atoms with Crippen LogP contribution < -0.4 is 10.6 Å². The quantitative estimate of drug-likeness (QED) is 0.702. The van der Waals surface area contributed by atoms with Crippen LogP contribution in [0.1, 0.15) is 78.6 Å². The van der Waals surface area contributed by atoms with Gasteiger partial charge < -0.3 is 10.6 Å². The van der Waals surface area contributed by atoms with Gasteiger partial charge in [0.05, 0.1) is 30.2 Å². The second kappa shape index (κ2) is 9.27. The summed E-state index contributed by atoms with van der Waals surface area (Å²) in [5.41, 5.74) is 1.90. The molecule has 0 bridgehead atoms. The van der Waals surface area contributed by atoms with E-state index in [-0.39, 0.29) is 17.5 Å². The Labute approximate surface area is 153 Å². The number of hydrogen-bond acceptors (Lipinski definition) is 4. The van der Waals surface area contributed by atoms with Gasteiger partial charge in [-0.15, -0.1) is 0 Å². The molecule has 0 aliphatic heterocycles. The van der Waals surface area contributed by atoms with Gasteiger partial charge in [-0.2, -0.15) is 0 Å². The van der Waals surface area contributed by atoms with Crippen molar-refractivity contribution in [3.05, 3.63) is 23.8 Å². The van der Waals surface area contributed by atoms with E-state index in [0.717, 1.165) is 30.7 Å². The van der Waals surface area contributed by atoms with Crippen LogP contribution in [-0.2, 0) is 11.3 Å². The van der Waals surface area contributed by atoms with Crippen LogP contribution in [0.3, 0.4) is 0 Å². The van der Waals surface area contributed by atoms with Crippen LogP contribution in [0.25, 0.3) is 0 Å². The smallest absolute Gasteiger partial charge is 0.237 e. The Morgan fingerprint density at radius 2 is 1.76 bits per heavy atom. The van der Waals surface area contributed by atoms with Gasteiger partial charge in [-0.1, -0.05) is 33.6 Å². The van der Waals surface area contributed by atoms with Gasteiger partial charge in [-0.05, 0) is 46.0 Å². The molecule has 0 saturated carbocycles. The Kier molecular flexibility index (Phi) is 8.00. The molecule has 0 spiro atoms. The van der Waals surface area contributed by atoms with Gasteiger partial charge in [-0.3, -0.25) is 14.8 Å².